The highest BCUT2D eigenvalue weighted by atomic mass is 79.9. The standard InChI is InChI=1S/C13H17BrClNO/c1-3-13(2,8-9-14)16-12(17)10-6-4-5-7-11(10)15/h4-7H,3,8-9H2,1-2H3,(H,16,17). The molecule has 17 heavy (non-hydrogen) atoms. The Kier molecular flexibility index (Phi) is 5.47. The number of alkyl halides is 1. The van der Waals surface area contributed by atoms with E-state index in [1.807, 2.05) is 19.1 Å². The largest absolute Gasteiger partial charge is 0.347 e. The van der Waals surface area contributed by atoms with Gasteiger partial charge in [0, 0.05) is 10.9 Å². The van der Waals surface area contributed by atoms with E-state index in [0.29, 0.717) is 10.6 Å². The summed E-state index contributed by atoms with van der Waals surface area (Å²) >= 11 is 9.41. The fourth-order valence-electron chi connectivity index (χ4n) is 1.52. The quantitative estimate of drug-likeness (QED) is 0.816. The molecular formula is C13H17BrClNO. The molecule has 1 N–H and O–H groups in total. The van der Waals surface area contributed by atoms with Crippen molar-refractivity contribution in [2.45, 2.75) is 32.2 Å². The molecule has 0 saturated heterocycles. The van der Waals surface area contributed by atoms with Crippen molar-refractivity contribution in [3.63, 3.8) is 0 Å². The topological polar surface area (TPSA) is 29.1 Å². The van der Waals surface area contributed by atoms with Gasteiger partial charge in [0.15, 0.2) is 0 Å². The number of carbonyl (C=O) groups excluding carboxylic acids is 1. The summed E-state index contributed by atoms with van der Waals surface area (Å²) in [6.45, 7) is 4.11. The van der Waals surface area contributed by atoms with E-state index >= 15 is 0 Å². The number of amides is 1. The first kappa shape index (κ1) is 14.5. The van der Waals surface area contributed by atoms with Crippen LogP contribution in [0.2, 0.25) is 5.02 Å². The van der Waals surface area contributed by atoms with Gasteiger partial charge in [-0.3, -0.25) is 4.79 Å². The van der Waals surface area contributed by atoms with Crippen LogP contribution in [0.15, 0.2) is 24.3 Å². The lowest BCUT2D eigenvalue weighted by atomic mass is 9.95. The van der Waals surface area contributed by atoms with Crippen LogP contribution in [0.3, 0.4) is 0 Å². The highest BCUT2D eigenvalue weighted by Gasteiger charge is 2.24. The smallest absolute Gasteiger partial charge is 0.253 e. The second-order valence-electron chi connectivity index (χ2n) is 4.29. The number of benzene rings is 1. The maximum absolute atomic E-state index is 12.1. The zero-order chi connectivity index (χ0) is 12.9. The summed E-state index contributed by atoms with van der Waals surface area (Å²) in [5, 5.41) is 4.40. The van der Waals surface area contributed by atoms with E-state index in [1.165, 1.54) is 0 Å². The third kappa shape index (κ3) is 4.00. The Morgan fingerprint density at radius 3 is 2.65 bits per heavy atom. The molecule has 0 heterocycles. The lowest BCUT2D eigenvalue weighted by molar-refractivity contribution is 0.0902. The van der Waals surface area contributed by atoms with Crippen molar-refractivity contribution < 1.29 is 4.79 Å². The summed E-state index contributed by atoms with van der Waals surface area (Å²) < 4.78 is 0. The van der Waals surface area contributed by atoms with E-state index in [2.05, 4.69) is 28.2 Å². The van der Waals surface area contributed by atoms with Gasteiger partial charge in [-0.05, 0) is 31.9 Å². The number of carbonyl (C=O) groups is 1. The van der Waals surface area contributed by atoms with Gasteiger partial charge in [-0.2, -0.15) is 0 Å². The lowest BCUT2D eigenvalue weighted by Crippen LogP contribution is -2.45. The predicted octanol–water partition coefficient (Wildman–Crippen LogP) is 4.02. The minimum absolute atomic E-state index is 0.110. The molecule has 4 heteroatoms. The van der Waals surface area contributed by atoms with E-state index in [9.17, 15) is 4.79 Å². The van der Waals surface area contributed by atoms with Crippen molar-refractivity contribution in [3.8, 4) is 0 Å². The van der Waals surface area contributed by atoms with E-state index in [0.717, 1.165) is 18.2 Å². The first-order chi connectivity index (χ1) is 8.02. The van der Waals surface area contributed by atoms with Gasteiger partial charge < -0.3 is 5.32 Å². The Hall–Kier alpha value is -0.540. The van der Waals surface area contributed by atoms with E-state index in [-0.39, 0.29) is 11.4 Å². The summed E-state index contributed by atoms with van der Waals surface area (Å²) in [5.74, 6) is -0.110. The molecule has 0 aliphatic rings. The Morgan fingerprint density at radius 2 is 2.12 bits per heavy atom. The van der Waals surface area contributed by atoms with Crippen LogP contribution in [0.4, 0.5) is 0 Å². The molecule has 0 fully saturated rings. The molecule has 1 atom stereocenters. The van der Waals surface area contributed by atoms with Crippen molar-refractivity contribution in [2.24, 2.45) is 0 Å². The SMILES string of the molecule is CCC(C)(CCBr)NC(=O)c1ccccc1Cl. The fraction of sp³-hybridized carbons (Fsp3) is 0.462. The number of rotatable bonds is 5. The van der Waals surface area contributed by atoms with Crippen LogP contribution in [0, 0.1) is 0 Å². The molecule has 0 aliphatic carbocycles. The van der Waals surface area contributed by atoms with E-state index in [4.69, 9.17) is 11.6 Å². The van der Waals surface area contributed by atoms with Crippen LogP contribution < -0.4 is 5.32 Å². The van der Waals surface area contributed by atoms with Gasteiger partial charge in [-0.25, -0.2) is 0 Å². The van der Waals surface area contributed by atoms with Gasteiger partial charge in [0.1, 0.15) is 0 Å². The average Bonchev–Trinajstić information content (AvgIpc) is 2.29. The van der Waals surface area contributed by atoms with Gasteiger partial charge in [0.25, 0.3) is 5.91 Å². The van der Waals surface area contributed by atoms with Crippen molar-refractivity contribution in [3.05, 3.63) is 34.9 Å². The molecular weight excluding hydrogens is 302 g/mol. The predicted molar refractivity (Wildman–Crippen MR) is 76.0 cm³/mol. The van der Waals surface area contributed by atoms with E-state index in [1.54, 1.807) is 12.1 Å². The first-order valence-corrected chi connectivity index (χ1v) is 7.15. The Morgan fingerprint density at radius 1 is 1.47 bits per heavy atom. The average molecular weight is 319 g/mol. The third-order valence-corrected chi connectivity index (χ3v) is 3.69. The van der Waals surface area contributed by atoms with Crippen molar-refractivity contribution in [1.82, 2.24) is 5.32 Å². The lowest BCUT2D eigenvalue weighted by Gasteiger charge is -2.29. The van der Waals surface area contributed by atoms with Crippen LogP contribution in [0.25, 0.3) is 0 Å². The number of halogens is 2. The second-order valence-corrected chi connectivity index (χ2v) is 5.49. The van der Waals surface area contributed by atoms with Crippen molar-refractivity contribution in [2.75, 3.05) is 5.33 Å². The van der Waals surface area contributed by atoms with Crippen LogP contribution in [-0.2, 0) is 0 Å². The minimum atomic E-state index is -0.195. The summed E-state index contributed by atoms with van der Waals surface area (Å²) in [5.41, 5.74) is 0.336. The number of nitrogens with one attached hydrogen (secondary N) is 1. The molecule has 1 amide bonds. The van der Waals surface area contributed by atoms with Gasteiger partial charge in [0.05, 0.1) is 10.6 Å². The third-order valence-electron chi connectivity index (χ3n) is 2.96. The van der Waals surface area contributed by atoms with Gasteiger partial charge in [-0.1, -0.05) is 46.6 Å². The molecule has 0 bridgehead atoms. The fourth-order valence-corrected chi connectivity index (χ4v) is 2.62. The van der Waals surface area contributed by atoms with Crippen molar-refractivity contribution >= 4 is 33.4 Å². The molecule has 94 valence electrons. The first-order valence-electron chi connectivity index (χ1n) is 5.65. The molecule has 0 saturated carbocycles. The molecule has 0 aromatic heterocycles. The highest BCUT2D eigenvalue weighted by molar-refractivity contribution is 9.09. The van der Waals surface area contributed by atoms with Gasteiger partial charge in [-0.15, -0.1) is 0 Å². The molecule has 0 radical (unpaired) electrons. The maximum atomic E-state index is 12.1. The molecule has 0 spiro atoms. The minimum Gasteiger partial charge on any atom is -0.347 e. The summed E-state index contributed by atoms with van der Waals surface area (Å²) in [4.78, 5) is 12.1. The number of hydrogen-bond acceptors (Lipinski definition) is 1. The van der Waals surface area contributed by atoms with Crippen LogP contribution in [-0.4, -0.2) is 16.8 Å². The van der Waals surface area contributed by atoms with Gasteiger partial charge >= 0.3 is 0 Å². The molecule has 1 rings (SSSR count). The molecule has 2 nitrogen and oxygen atoms in total. The molecule has 1 aromatic rings. The van der Waals surface area contributed by atoms with Crippen LogP contribution >= 0.6 is 27.5 Å². The molecule has 1 unspecified atom stereocenters. The Balaban J connectivity index is 2.82. The summed E-state index contributed by atoms with van der Waals surface area (Å²) in [6, 6.07) is 7.09. The van der Waals surface area contributed by atoms with Gasteiger partial charge in [0.2, 0.25) is 0 Å². The Bertz CT molecular complexity index is 397. The van der Waals surface area contributed by atoms with E-state index < -0.39 is 0 Å². The zero-order valence-electron chi connectivity index (χ0n) is 10.1. The van der Waals surface area contributed by atoms with Crippen LogP contribution in [0.1, 0.15) is 37.0 Å². The summed E-state index contributed by atoms with van der Waals surface area (Å²) in [6.07, 6.45) is 1.77. The Labute approximate surface area is 116 Å². The molecule has 0 aliphatic heterocycles. The second kappa shape index (κ2) is 6.41. The zero-order valence-corrected chi connectivity index (χ0v) is 12.4. The monoisotopic (exact) mass is 317 g/mol. The maximum Gasteiger partial charge on any atom is 0.253 e. The number of hydrogen-bond donors (Lipinski definition) is 1. The molecule has 1 aromatic carbocycles. The van der Waals surface area contributed by atoms with Crippen molar-refractivity contribution in [1.29, 1.82) is 0 Å². The highest BCUT2D eigenvalue weighted by Crippen LogP contribution is 2.19. The normalized spacial score (nSPS) is 14.1. The summed E-state index contributed by atoms with van der Waals surface area (Å²) in [7, 11) is 0. The van der Waals surface area contributed by atoms with Crippen LogP contribution in [0.5, 0.6) is 0 Å².